The molecule has 16 heteroatoms. The van der Waals surface area contributed by atoms with E-state index in [0.717, 1.165) is 154 Å². The molecule has 400 valence electrons. The van der Waals surface area contributed by atoms with E-state index in [1.54, 1.807) is 19.1 Å². The second-order valence-corrected chi connectivity index (χ2v) is 21.5. The zero-order valence-electron chi connectivity index (χ0n) is 44.2. The van der Waals surface area contributed by atoms with E-state index >= 15 is 0 Å². The molecule has 0 radical (unpaired) electrons. The van der Waals surface area contributed by atoms with Gasteiger partial charge in [-0.3, -0.25) is 39.2 Å². The number of carbonyl (C=O) groups is 4. The molecule has 0 atom stereocenters. The smallest absolute Gasteiger partial charge is 0.324 e. The van der Waals surface area contributed by atoms with Crippen LogP contribution in [0.2, 0.25) is 0 Å². The number of ketones is 2. The molecule has 1 fully saturated rings. The Labute approximate surface area is 426 Å². The summed E-state index contributed by atoms with van der Waals surface area (Å²) < 4.78 is 31.7. The summed E-state index contributed by atoms with van der Waals surface area (Å²) in [5.74, 6) is 12.7. The Kier molecular flexibility index (Phi) is 55.3. The minimum Gasteiger partial charge on any atom is -0.324 e. The molecule has 2 amide bonds. The minimum absolute atomic E-state index is 0.00822. The first kappa shape index (κ1) is 72.8. The van der Waals surface area contributed by atoms with Crippen LogP contribution in [0, 0.1) is 67.6 Å². The van der Waals surface area contributed by atoms with Gasteiger partial charge in [0.1, 0.15) is 11.6 Å². The lowest BCUT2D eigenvalue weighted by molar-refractivity contribution is -0.131. The van der Waals surface area contributed by atoms with E-state index in [2.05, 4.69) is 40.5 Å². The molecule has 1 aliphatic rings. The summed E-state index contributed by atoms with van der Waals surface area (Å²) in [6.07, 6.45) is 53.3. The number of carbonyl (C=O) groups excluding carboxylic acids is 4. The van der Waals surface area contributed by atoms with Gasteiger partial charge in [-0.05, 0) is 90.9 Å². The third-order valence-electron chi connectivity index (χ3n) is 10.6. The molecule has 14 nitrogen and oxygen atoms in total. The van der Waals surface area contributed by atoms with E-state index in [1.807, 2.05) is 5.01 Å². The van der Waals surface area contributed by atoms with E-state index in [1.165, 1.54) is 47.3 Å². The van der Waals surface area contributed by atoms with Crippen molar-refractivity contribution in [2.24, 2.45) is 5.92 Å². The van der Waals surface area contributed by atoms with E-state index in [0.29, 0.717) is 31.8 Å². The SMILES string of the molecule is C#CCCCCC(=O)NN(C)C.C#CCCCCC(=O)NN1CCCCC1.C#CCCCCCCC(C(C)=O)C(C)=O.C#CCCCCCCCP(=O)(O)O.C#CCCCCCCCP(=O)(OC)OC. The van der Waals surface area contributed by atoms with Crippen LogP contribution in [0.1, 0.15) is 200 Å². The lowest BCUT2D eigenvalue weighted by Crippen LogP contribution is -2.44. The third-order valence-corrected chi connectivity index (χ3v) is 13.4. The molecule has 0 spiro atoms. The molecule has 70 heavy (non-hydrogen) atoms. The standard InChI is InChI=1S/C13H20O2.C12H20N2O.C11H21O3P.C9H16N2O.C9H17O3P/c1-4-5-6-7-8-9-10-13(11(2)14)12(3)15;1-2-3-4-6-9-12(15)13-14-10-7-5-8-11-14;1-4-5-6-7-8-9-10-11-15(12,13-2)14-3;1-4-5-6-7-8-9(12)10-11(2)3;1-2-3-4-5-6-7-8-9-13(10,11)12/h1,13H,5-10H2,2-3H3;1H,3-11H2,(H,13,15);1H,5-11H2,2-3H3;1H,5-8H2,2-3H3,(H,10,12);1H,3-9H2,(H2,10,11,12). The lowest BCUT2D eigenvalue weighted by atomic mass is 9.94. The van der Waals surface area contributed by atoms with Gasteiger partial charge in [0.15, 0.2) is 0 Å². The number of hydrogen-bond acceptors (Lipinski definition) is 10. The molecule has 0 aromatic heterocycles. The van der Waals surface area contributed by atoms with Crippen LogP contribution in [-0.4, -0.2) is 96.9 Å². The largest absolute Gasteiger partial charge is 0.330 e. The van der Waals surface area contributed by atoms with Crippen LogP contribution in [0.3, 0.4) is 0 Å². The summed E-state index contributed by atoms with van der Waals surface area (Å²) in [6, 6.07) is 0. The van der Waals surface area contributed by atoms with Gasteiger partial charge in [-0.15, -0.1) is 61.7 Å². The van der Waals surface area contributed by atoms with Crippen LogP contribution in [0.15, 0.2) is 0 Å². The van der Waals surface area contributed by atoms with Crippen molar-refractivity contribution in [3.05, 3.63) is 0 Å². The summed E-state index contributed by atoms with van der Waals surface area (Å²) in [5, 5.41) is 3.68. The highest BCUT2D eigenvalue weighted by Gasteiger charge is 2.20. The van der Waals surface area contributed by atoms with Gasteiger partial charge in [0.25, 0.3) is 0 Å². The van der Waals surface area contributed by atoms with Crippen LogP contribution in [0.25, 0.3) is 0 Å². The molecule has 0 aliphatic carbocycles. The quantitative estimate of drug-likeness (QED) is 0.0157. The number of hydrogen-bond donors (Lipinski definition) is 4. The molecular formula is C54H94N4O10P2. The summed E-state index contributed by atoms with van der Waals surface area (Å²) >= 11 is 0. The second kappa shape index (κ2) is 53.1. The number of terminal acetylenes is 5. The maximum atomic E-state index is 11.6. The average Bonchev–Trinajstić information content (AvgIpc) is 3.31. The monoisotopic (exact) mass is 1020 g/mol. The second-order valence-electron chi connectivity index (χ2n) is 17.3. The summed E-state index contributed by atoms with van der Waals surface area (Å²) in [6.45, 7) is 4.97. The molecule has 0 saturated carbocycles. The normalized spacial score (nSPS) is 11.9. The highest BCUT2D eigenvalue weighted by Crippen LogP contribution is 2.47. The first-order valence-corrected chi connectivity index (χ1v) is 28.8. The predicted molar refractivity (Wildman–Crippen MR) is 288 cm³/mol. The number of Topliss-reactive ketones (excluding diaryl/α,β-unsaturated/α-hetero) is 2. The zero-order valence-corrected chi connectivity index (χ0v) is 46.0. The molecule has 0 bridgehead atoms. The molecule has 1 rings (SSSR count). The van der Waals surface area contributed by atoms with Crippen LogP contribution >= 0.6 is 15.2 Å². The lowest BCUT2D eigenvalue weighted by Gasteiger charge is -2.26. The van der Waals surface area contributed by atoms with Crippen molar-refractivity contribution < 1.29 is 47.1 Å². The highest BCUT2D eigenvalue weighted by atomic mass is 31.2. The van der Waals surface area contributed by atoms with Crippen molar-refractivity contribution in [3.63, 3.8) is 0 Å². The zero-order chi connectivity index (χ0) is 53.7. The molecule has 0 aromatic carbocycles. The van der Waals surface area contributed by atoms with Gasteiger partial charge >= 0.3 is 15.2 Å². The Balaban J connectivity index is -0.000000390. The Bertz CT molecular complexity index is 1620. The Hall–Kier alpha value is -3.70. The van der Waals surface area contributed by atoms with Gasteiger partial charge < -0.3 is 18.8 Å². The number of piperidine rings is 1. The van der Waals surface area contributed by atoms with Gasteiger partial charge in [0.2, 0.25) is 11.8 Å². The van der Waals surface area contributed by atoms with Crippen molar-refractivity contribution in [2.45, 2.75) is 200 Å². The maximum Gasteiger partial charge on any atom is 0.330 e. The summed E-state index contributed by atoms with van der Waals surface area (Å²) in [4.78, 5) is 61.8. The number of nitrogens with one attached hydrogen (secondary N) is 2. The fourth-order valence-corrected chi connectivity index (χ4v) is 8.35. The van der Waals surface area contributed by atoms with E-state index in [9.17, 15) is 28.3 Å². The van der Waals surface area contributed by atoms with E-state index < -0.39 is 15.2 Å². The van der Waals surface area contributed by atoms with Gasteiger partial charge in [0.05, 0.1) is 12.1 Å². The van der Waals surface area contributed by atoms with Crippen LogP contribution in [0.5, 0.6) is 0 Å². The fraction of sp³-hybridized carbons (Fsp3) is 0.741. The van der Waals surface area contributed by atoms with Gasteiger partial charge in [-0.2, -0.15) is 0 Å². The molecule has 0 aromatic rings. The van der Waals surface area contributed by atoms with Crippen molar-refractivity contribution in [1.82, 2.24) is 20.9 Å². The maximum absolute atomic E-state index is 11.6. The van der Waals surface area contributed by atoms with Crippen molar-refractivity contribution in [3.8, 4) is 61.7 Å². The first-order chi connectivity index (χ1) is 33.3. The molecule has 1 aliphatic heterocycles. The minimum atomic E-state index is -3.76. The topological polar surface area (TPSA) is 192 Å². The number of rotatable bonds is 34. The van der Waals surface area contributed by atoms with Gasteiger partial charge in [-0.25, -0.2) is 10.0 Å². The summed E-state index contributed by atoms with van der Waals surface area (Å²) in [7, 11) is -0.0967. The van der Waals surface area contributed by atoms with E-state index in [-0.39, 0.29) is 35.5 Å². The van der Waals surface area contributed by atoms with E-state index in [4.69, 9.17) is 51.0 Å². The highest BCUT2D eigenvalue weighted by molar-refractivity contribution is 7.53. The molecule has 1 saturated heterocycles. The number of nitrogens with zero attached hydrogens (tertiary/aromatic N) is 2. The fourth-order valence-electron chi connectivity index (χ4n) is 6.59. The Morgan fingerprint density at radius 1 is 0.557 bits per heavy atom. The van der Waals surface area contributed by atoms with Crippen molar-refractivity contribution in [2.75, 3.05) is 53.7 Å². The molecule has 0 unspecified atom stereocenters. The molecule has 4 N–H and O–H groups in total. The predicted octanol–water partition coefficient (Wildman–Crippen LogP) is 10.8. The summed E-state index contributed by atoms with van der Waals surface area (Å²) in [5.41, 5.74) is 5.60. The van der Waals surface area contributed by atoms with Crippen LogP contribution in [0.4, 0.5) is 0 Å². The van der Waals surface area contributed by atoms with Gasteiger partial charge in [-0.1, -0.05) is 64.2 Å². The Morgan fingerprint density at radius 2 is 0.914 bits per heavy atom. The first-order valence-electron chi connectivity index (χ1n) is 25.3. The number of unbranched alkanes of at least 4 members (excludes halogenated alkanes) is 18. The van der Waals surface area contributed by atoms with Gasteiger partial charge in [0, 0.05) is 92.5 Å². The average molecular weight is 1020 g/mol. The van der Waals surface area contributed by atoms with Crippen molar-refractivity contribution in [1.29, 1.82) is 0 Å². The van der Waals surface area contributed by atoms with Crippen LogP contribution in [-0.2, 0) is 37.4 Å². The van der Waals surface area contributed by atoms with Crippen LogP contribution < -0.4 is 10.9 Å². The number of amides is 2. The molecule has 1 heterocycles. The van der Waals surface area contributed by atoms with Crippen molar-refractivity contribution >= 4 is 38.6 Å². The molecular weight excluding hydrogens is 927 g/mol. The third kappa shape index (κ3) is 58.6. The Morgan fingerprint density at radius 3 is 1.29 bits per heavy atom. The number of hydrazine groups is 2.